The van der Waals surface area contributed by atoms with E-state index in [4.69, 9.17) is 14.0 Å². The van der Waals surface area contributed by atoms with E-state index in [9.17, 15) is 8.78 Å². The Balaban J connectivity index is 1.55. The summed E-state index contributed by atoms with van der Waals surface area (Å²) >= 11 is 1.11. The molecular weight excluding hydrogens is 402 g/mol. The molecule has 0 fully saturated rings. The first-order valence-electron chi connectivity index (χ1n) is 8.53. The van der Waals surface area contributed by atoms with E-state index in [1.54, 1.807) is 49.6 Å². The van der Waals surface area contributed by atoms with E-state index in [1.165, 1.54) is 7.11 Å². The third kappa shape index (κ3) is 3.75. The van der Waals surface area contributed by atoms with Crippen LogP contribution in [0.3, 0.4) is 0 Å². The van der Waals surface area contributed by atoms with Crippen LogP contribution in [-0.2, 0) is 5.75 Å². The second kappa shape index (κ2) is 8.08. The number of halogens is 2. The molecule has 2 heterocycles. The third-order valence-electron chi connectivity index (χ3n) is 4.19. The first-order chi connectivity index (χ1) is 14.1. The fourth-order valence-corrected chi connectivity index (χ4v) is 3.69. The zero-order chi connectivity index (χ0) is 20.4. The van der Waals surface area contributed by atoms with Crippen molar-refractivity contribution in [2.24, 2.45) is 0 Å². The molecule has 29 heavy (non-hydrogen) atoms. The van der Waals surface area contributed by atoms with Crippen molar-refractivity contribution in [1.29, 1.82) is 0 Å². The molecule has 0 aliphatic rings. The van der Waals surface area contributed by atoms with Crippen LogP contribution in [0.5, 0.6) is 11.5 Å². The van der Waals surface area contributed by atoms with Crippen LogP contribution in [0.1, 0.15) is 12.4 Å². The smallest absolute Gasteiger partial charge is 0.321 e. The van der Waals surface area contributed by atoms with Crippen molar-refractivity contribution >= 4 is 22.8 Å². The Morgan fingerprint density at radius 3 is 2.62 bits per heavy atom. The van der Waals surface area contributed by atoms with Crippen molar-refractivity contribution in [3.05, 3.63) is 48.4 Å². The van der Waals surface area contributed by atoms with Gasteiger partial charge in [0, 0.05) is 5.56 Å². The number of ether oxygens (including phenoxy) is 2. The number of thioether (sulfide) groups is 1. The van der Waals surface area contributed by atoms with Crippen molar-refractivity contribution < 1.29 is 22.8 Å². The number of para-hydroxylation sites is 2. The summed E-state index contributed by atoms with van der Waals surface area (Å²) in [5.74, 6) is 1.99. The second-order valence-electron chi connectivity index (χ2n) is 5.90. The summed E-state index contributed by atoms with van der Waals surface area (Å²) in [7, 11) is 3.09. The minimum absolute atomic E-state index is 0.187. The molecule has 0 saturated heterocycles. The van der Waals surface area contributed by atoms with Gasteiger partial charge in [-0.05, 0) is 30.3 Å². The molecule has 0 amide bonds. The van der Waals surface area contributed by atoms with Crippen molar-refractivity contribution in [2.45, 2.75) is 17.5 Å². The first-order valence-corrected chi connectivity index (χ1v) is 9.52. The second-order valence-corrected chi connectivity index (χ2v) is 6.84. The maximum atomic E-state index is 13.5. The van der Waals surface area contributed by atoms with Gasteiger partial charge >= 0.3 is 6.55 Å². The Morgan fingerprint density at radius 2 is 1.86 bits per heavy atom. The van der Waals surface area contributed by atoms with Gasteiger partial charge in [0.05, 0.1) is 31.0 Å². The number of aromatic nitrogens is 4. The number of benzene rings is 2. The first kappa shape index (κ1) is 19.2. The number of fused-ring (bicyclic) bond motifs is 1. The van der Waals surface area contributed by atoms with Gasteiger partial charge in [-0.25, -0.2) is 4.98 Å². The number of imidazole rings is 1. The quantitative estimate of drug-likeness (QED) is 0.399. The molecule has 7 nitrogen and oxygen atoms in total. The third-order valence-corrected chi connectivity index (χ3v) is 5.13. The highest BCUT2D eigenvalue weighted by Gasteiger charge is 2.19. The average Bonchev–Trinajstić information content (AvgIpc) is 3.36. The highest BCUT2D eigenvalue weighted by Crippen LogP contribution is 2.33. The summed E-state index contributed by atoms with van der Waals surface area (Å²) in [6.07, 6.45) is 0. The van der Waals surface area contributed by atoms with Crippen LogP contribution >= 0.6 is 11.8 Å². The lowest BCUT2D eigenvalue weighted by molar-refractivity contribution is 0.0656. The van der Waals surface area contributed by atoms with Gasteiger partial charge < -0.3 is 14.0 Å². The summed E-state index contributed by atoms with van der Waals surface area (Å²) < 4.78 is 43.7. The monoisotopic (exact) mass is 418 g/mol. The maximum absolute atomic E-state index is 13.5. The van der Waals surface area contributed by atoms with E-state index < -0.39 is 6.55 Å². The Labute approximate surface area is 168 Å². The zero-order valence-corrected chi connectivity index (χ0v) is 16.3. The summed E-state index contributed by atoms with van der Waals surface area (Å²) in [4.78, 5) is 8.62. The zero-order valence-electron chi connectivity index (χ0n) is 15.5. The van der Waals surface area contributed by atoms with Crippen molar-refractivity contribution in [3.63, 3.8) is 0 Å². The molecule has 0 bridgehead atoms. The van der Waals surface area contributed by atoms with Gasteiger partial charge in [-0.3, -0.25) is 4.57 Å². The lowest BCUT2D eigenvalue weighted by Gasteiger charge is -2.07. The van der Waals surface area contributed by atoms with E-state index in [2.05, 4.69) is 15.1 Å². The summed E-state index contributed by atoms with van der Waals surface area (Å²) in [5, 5.41) is 4.15. The lowest BCUT2D eigenvalue weighted by atomic mass is 10.2. The van der Waals surface area contributed by atoms with Gasteiger partial charge in [-0.2, -0.15) is 13.8 Å². The highest BCUT2D eigenvalue weighted by atomic mass is 32.2. The molecule has 0 spiro atoms. The van der Waals surface area contributed by atoms with Gasteiger partial charge in [-0.15, -0.1) is 0 Å². The highest BCUT2D eigenvalue weighted by molar-refractivity contribution is 7.98. The molecule has 150 valence electrons. The summed E-state index contributed by atoms with van der Waals surface area (Å²) in [6.45, 7) is -2.70. The lowest BCUT2D eigenvalue weighted by Crippen LogP contribution is -2.00. The van der Waals surface area contributed by atoms with Gasteiger partial charge in [0.2, 0.25) is 11.7 Å². The van der Waals surface area contributed by atoms with Crippen LogP contribution in [0.4, 0.5) is 8.78 Å². The van der Waals surface area contributed by atoms with E-state index >= 15 is 0 Å². The number of hydrogen-bond acceptors (Lipinski definition) is 7. The standard InChI is InChI=1S/C19H16F2N4O3S/c1-26-14-8-7-11(9-15(14)27-2)17-23-16(28-24-17)10-29-19-22-12-5-3-4-6-13(12)25(19)18(20)21/h3-9,18H,10H2,1-2H3. The minimum Gasteiger partial charge on any atom is -0.493 e. The molecule has 0 saturated carbocycles. The van der Waals surface area contributed by atoms with Crippen molar-refractivity contribution in [2.75, 3.05) is 14.2 Å². The number of hydrogen-bond donors (Lipinski definition) is 0. The normalized spacial score (nSPS) is 11.3. The molecule has 0 unspecified atom stereocenters. The molecule has 0 radical (unpaired) electrons. The predicted octanol–water partition coefficient (Wildman–Crippen LogP) is 4.79. The van der Waals surface area contributed by atoms with E-state index in [0.29, 0.717) is 39.8 Å². The molecule has 10 heteroatoms. The van der Waals surface area contributed by atoms with E-state index in [1.807, 2.05) is 0 Å². The molecule has 0 aliphatic heterocycles. The Bertz CT molecular complexity index is 1150. The van der Waals surface area contributed by atoms with E-state index in [0.717, 1.165) is 16.3 Å². The van der Waals surface area contributed by atoms with Crippen LogP contribution in [0.2, 0.25) is 0 Å². The van der Waals surface area contributed by atoms with Crippen molar-refractivity contribution in [1.82, 2.24) is 19.7 Å². The molecule has 0 N–H and O–H groups in total. The minimum atomic E-state index is -2.70. The van der Waals surface area contributed by atoms with Gasteiger partial charge in [0.25, 0.3) is 0 Å². The van der Waals surface area contributed by atoms with Gasteiger partial charge in [0.1, 0.15) is 0 Å². The SMILES string of the molecule is COc1ccc(-c2noc(CSc3nc4ccccc4n3C(F)F)n2)cc1OC. The average molecular weight is 418 g/mol. The largest absolute Gasteiger partial charge is 0.493 e. The van der Waals surface area contributed by atoms with Gasteiger partial charge in [0.15, 0.2) is 16.7 Å². The number of methoxy groups -OCH3 is 2. The van der Waals surface area contributed by atoms with Crippen LogP contribution in [-0.4, -0.2) is 33.9 Å². The summed E-state index contributed by atoms with van der Waals surface area (Å²) in [5.41, 5.74) is 1.57. The number of alkyl halides is 2. The van der Waals surface area contributed by atoms with E-state index in [-0.39, 0.29) is 10.9 Å². The topological polar surface area (TPSA) is 75.2 Å². The molecular formula is C19H16F2N4O3S. The Hall–Kier alpha value is -3.14. The molecule has 0 aliphatic carbocycles. The van der Waals surface area contributed by atoms with Crippen LogP contribution in [0.15, 0.2) is 52.1 Å². The van der Waals surface area contributed by atoms with Crippen LogP contribution < -0.4 is 9.47 Å². The Kier molecular flexibility index (Phi) is 5.34. The fraction of sp³-hybridized carbons (Fsp3) is 0.211. The molecule has 0 atom stereocenters. The Morgan fingerprint density at radius 1 is 1.07 bits per heavy atom. The van der Waals surface area contributed by atoms with Crippen LogP contribution in [0, 0.1) is 0 Å². The number of rotatable bonds is 7. The summed E-state index contributed by atoms with van der Waals surface area (Å²) in [6, 6.07) is 12.0. The van der Waals surface area contributed by atoms with Gasteiger partial charge in [-0.1, -0.05) is 29.1 Å². The van der Waals surface area contributed by atoms with Crippen LogP contribution in [0.25, 0.3) is 22.4 Å². The molecule has 2 aromatic heterocycles. The maximum Gasteiger partial charge on any atom is 0.321 e. The number of nitrogens with zero attached hydrogens (tertiary/aromatic N) is 4. The molecule has 4 aromatic rings. The molecule has 4 rings (SSSR count). The fourth-order valence-electron chi connectivity index (χ4n) is 2.85. The van der Waals surface area contributed by atoms with Crippen molar-refractivity contribution in [3.8, 4) is 22.9 Å². The predicted molar refractivity (Wildman–Crippen MR) is 103 cm³/mol. The molecule has 2 aromatic carbocycles.